The maximum Gasteiger partial charge on any atom is 0.404 e. The highest BCUT2D eigenvalue weighted by Crippen LogP contribution is 2.12. The summed E-state index contributed by atoms with van der Waals surface area (Å²) in [6, 6.07) is 19.8. The van der Waals surface area contributed by atoms with Crippen molar-refractivity contribution in [1.82, 2.24) is 0 Å². The first-order valence-corrected chi connectivity index (χ1v) is 7.97. The fraction of sp³-hybridized carbons (Fsp3) is 0.105. The molecule has 0 saturated heterocycles. The second kappa shape index (κ2) is 7.23. The van der Waals surface area contributed by atoms with Gasteiger partial charge in [0.1, 0.15) is 0 Å². The van der Waals surface area contributed by atoms with Crippen LogP contribution < -0.4 is 4.57 Å². The Bertz CT molecular complexity index is 894. The van der Waals surface area contributed by atoms with E-state index in [0.29, 0.717) is 11.3 Å². The van der Waals surface area contributed by atoms with Gasteiger partial charge >= 0.3 is 5.97 Å². The standard InChI is InChI=1S/C19H15ClNO3/c20-13-24-19(23)17-11-10-14-6-4-5-9-16(14)21(17)12-18(22)15-7-2-1-3-8-15/h1-11H,12-13H2/q+1. The van der Waals surface area contributed by atoms with Crippen molar-refractivity contribution >= 4 is 34.3 Å². The van der Waals surface area contributed by atoms with Crippen molar-refractivity contribution in [2.45, 2.75) is 6.54 Å². The van der Waals surface area contributed by atoms with Gasteiger partial charge in [-0.15, -0.1) is 0 Å². The molecule has 0 radical (unpaired) electrons. The van der Waals surface area contributed by atoms with Gasteiger partial charge in [-0.05, 0) is 12.1 Å². The van der Waals surface area contributed by atoms with Crippen LogP contribution in [0, 0.1) is 0 Å². The van der Waals surface area contributed by atoms with Crippen molar-refractivity contribution in [1.29, 1.82) is 0 Å². The minimum atomic E-state index is -0.559. The van der Waals surface area contributed by atoms with E-state index >= 15 is 0 Å². The van der Waals surface area contributed by atoms with Gasteiger partial charge in [-0.1, -0.05) is 54.1 Å². The molecule has 0 spiro atoms. The van der Waals surface area contributed by atoms with E-state index in [1.54, 1.807) is 22.8 Å². The van der Waals surface area contributed by atoms with E-state index in [1.807, 2.05) is 48.5 Å². The number of hydrogen-bond donors (Lipinski definition) is 0. The highest BCUT2D eigenvalue weighted by molar-refractivity contribution is 6.17. The third-order valence-electron chi connectivity index (χ3n) is 3.73. The summed E-state index contributed by atoms with van der Waals surface area (Å²) in [6.07, 6.45) is 0. The molecule has 0 saturated carbocycles. The van der Waals surface area contributed by atoms with Crippen LogP contribution in [0.25, 0.3) is 10.9 Å². The van der Waals surface area contributed by atoms with Crippen LogP contribution in [-0.4, -0.2) is 17.8 Å². The fourth-order valence-corrected chi connectivity index (χ4v) is 2.69. The summed E-state index contributed by atoms with van der Waals surface area (Å²) in [5.74, 6) is -0.645. The van der Waals surface area contributed by atoms with Gasteiger partial charge in [0.15, 0.2) is 6.07 Å². The number of nitrogens with zero attached hydrogens (tertiary/aromatic N) is 1. The topological polar surface area (TPSA) is 47.2 Å². The number of carbonyl (C=O) groups excluding carboxylic acids is 2. The van der Waals surface area contributed by atoms with E-state index in [0.717, 1.165) is 10.9 Å². The first-order chi connectivity index (χ1) is 11.7. The van der Waals surface area contributed by atoms with Gasteiger partial charge in [-0.2, -0.15) is 4.57 Å². The molecular formula is C19H15ClNO3+. The number of para-hydroxylation sites is 1. The molecule has 24 heavy (non-hydrogen) atoms. The molecule has 0 aliphatic heterocycles. The zero-order valence-corrected chi connectivity index (χ0v) is 13.6. The van der Waals surface area contributed by atoms with Crippen molar-refractivity contribution < 1.29 is 18.9 Å². The zero-order valence-electron chi connectivity index (χ0n) is 12.8. The lowest BCUT2D eigenvalue weighted by Gasteiger charge is -2.06. The Hall–Kier alpha value is -2.72. The maximum absolute atomic E-state index is 12.6. The lowest BCUT2D eigenvalue weighted by atomic mass is 10.1. The average molecular weight is 341 g/mol. The van der Waals surface area contributed by atoms with E-state index in [1.165, 1.54) is 0 Å². The quantitative estimate of drug-likeness (QED) is 0.310. The van der Waals surface area contributed by atoms with E-state index in [2.05, 4.69) is 0 Å². The molecule has 120 valence electrons. The molecule has 2 aromatic carbocycles. The Kier molecular flexibility index (Phi) is 4.87. The molecule has 4 nitrogen and oxygen atoms in total. The zero-order chi connectivity index (χ0) is 16.9. The normalized spacial score (nSPS) is 10.5. The number of esters is 1. The fourth-order valence-electron chi connectivity index (χ4n) is 2.59. The number of hydrogen-bond acceptors (Lipinski definition) is 3. The van der Waals surface area contributed by atoms with Crippen LogP contribution in [0.5, 0.6) is 0 Å². The van der Waals surface area contributed by atoms with Crippen LogP contribution in [0.2, 0.25) is 0 Å². The van der Waals surface area contributed by atoms with E-state index in [-0.39, 0.29) is 18.4 Å². The Morgan fingerprint density at radius 3 is 2.38 bits per heavy atom. The van der Waals surface area contributed by atoms with Gasteiger partial charge in [0, 0.05) is 23.1 Å². The van der Waals surface area contributed by atoms with Crippen molar-refractivity contribution in [2.75, 3.05) is 6.07 Å². The Morgan fingerprint density at radius 1 is 0.917 bits per heavy atom. The van der Waals surface area contributed by atoms with Crippen LogP contribution in [0.15, 0.2) is 66.7 Å². The molecule has 0 unspecified atom stereocenters. The molecule has 1 heterocycles. The molecule has 5 heteroatoms. The number of Topliss-reactive ketones (excluding diaryl/α,β-unsaturated/α-hetero) is 1. The van der Waals surface area contributed by atoms with Crippen LogP contribution in [0.4, 0.5) is 0 Å². The largest absolute Gasteiger partial charge is 0.441 e. The molecular weight excluding hydrogens is 326 g/mol. The third kappa shape index (κ3) is 3.29. The summed E-state index contributed by atoms with van der Waals surface area (Å²) in [5, 5.41) is 0.931. The highest BCUT2D eigenvalue weighted by Gasteiger charge is 2.26. The van der Waals surface area contributed by atoms with Crippen molar-refractivity contribution in [3.05, 3.63) is 78.0 Å². The van der Waals surface area contributed by atoms with Gasteiger partial charge in [0.2, 0.25) is 17.8 Å². The van der Waals surface area contributed by atoms with Crippen molar-refractivity contribution in [2.24, 2.45) is 0 Å². The summed E-state index contributed by atoms with van der Waals surface area (Å²) in [4.78, 5) is 24.8. The molecule has 0 bridgehead atoms. The van der Waals surface area contributed by atoms with Crippen LogP contribution >= 0.6 is 11.6 Å². The Morgan fingerprint density at radius 2 is 1.62 bits per heavy atom. The molecule has 0 fully saturated rings. The van der Waals surface area contributed by atoms with Crippen LogP contribution in [0.1, 0.15) is 20.8 Å². The molecule has 3 rings (SSSR count). The second-order valence-electron chi connectivity index (χ2n) is 5.19. The number of fused-ring (bicyclic) bond motifs is 1. The number of halogens is 1. The summed E-state index contributed by atoms with van der Waals surface area (Å²) in [7, 11) is 0. The first kappa shape index (κ1) is 16.1. The molecule has 3 aromatic rings. The molecule has 0 atom stereocenters. The van der Waals surface area contributed by atoms with E-state index < -0.39 is 5.97 Å². The SMILES string of the molecule is O=C(C[n+]1c(C(=O)OCCl)ccc2ccccc21)c1ccccc1. The number of aromatic nitrogens is 1. The molecule has 0 aliphatic carbocycles. The maximum atomic E-state index is 12.6. The Labute approximate surface area is 144 Å². The first-order valence-electron chi connectivity index (χ1n) is 7.43. The number of carbonyl (C=O) groups is 2. The number of rotatable bonds is 5. The van der Waals surface area contributed by atoms with E-state index in [9.17, 15) is 9.59 Å². The third-order valence-corrected chi connectivity index (χ3v) is 3.84. The lowest BCUT2D eigenvalue weighted by Crippen LogP contribution is -2.44. The average Bonchev–Trinajstić information content (AvgIpc) is 2.63. The lowest BCUT2D eigenvalue weighted by molar-refractivity contribution is -0.659. The smallest absolute Gasteiger partial charge is 0.404 e. The van der Waals surface area contributed by atoms with Gasteiger partial charge in [-0.3, -0.25) is 4.79 Å². The Balaban J connectivity index is 2.08. The second-order valence-corrected chi connectivity index (χ2v) is 5.41. The molecule has 0 aliphatic rings. The molecule has 0 amide bonds. The number of ketones is 1. The van der Waals surface area contributed by atoms with Gasteiger partial charge in [0.05, 0.1) is 0 Å². The number of benzene rings is 2. The van der Waals surface area contributed by atoms with Crippen molar-refractivity contribution in [3.8, 4) is 0 Å². The number of pyridine rings is 1. The van der Waals surface area contributed by atoms with Crippen molar-refractivity contribution in [3.63, 3.8) is 0 Å². The van der Waals surface area contributed by atoms with E-state index in [4.69, 9.17) is 16.3 Å². The van der Waals surface area contributed by atoms with Gasteiger partial charge in [-0.25, -0.2) is 4.79 Å². The highest BCUT2D eigenvalue weighted by atomic mass is 35.5. The summed E-state index contributed by atoms with van der Waals surface area (Å²) in [6.45, 7) is 0.0398. The summed E-state index contributed by atoms with van der Waals surface area (Å²) >= 11 is 5.50. The number of ether oxygens (including phenoxy) is 1. The minimum absolute atomic E-state index is 0.0398. The van der Waals surface area contributed by atoms with Crippen LogP contribution in [0.3, 0.4) is 0 Å². The van der Waals surface area contributed by atoms with Gasteiger partial charge < -0.3 is 4.74 Å². The number of alkyl halides is 1. The molecule has 1 aromatic heterocycles. The van der Waals surface area contributed by atoms with Gasteiger partial charge in [0.25, 0.3) is 5.69 Å². The van der Waals surface area contributed by atoms with Crippen LogP contribution in [-0.2, 0) is 11.3 Å². The predicted molar refractivity (Wildman–Crippen MR) is 91.1 cm³/mol. The summed E-state index contributed by atoms with van der Waals surface area (Å²) in [5.41, 5.74) is 1.67. The monoisotopic (exact) mass is 340 g/mol. The minimum Gasteiger partial charge on any atom is -0.441 e. The summed E-state index contributed by atoms with van der Waals surface area (Å²) < 4.78 is 6.57. The predicted octanol–water partition coefficient (Wildman–Crippen LogP) is 3.36. The molecule has 0 N–H and O–H groups in total.